The van der Waals surface area contributed by atoms with E-state index in [-0.39, 0.29) is 47.3 Å². The number of amides is 1. The van der Waals surface area contributed by atoms with Gasteiger partial charge in [-0.05, 0) is 18.2 Å². The zero-order chi connectivity index (χ0) is 22.5. The molecule has 1 heterocycles. The van der Waals surface area contributed by atoms with Crippen molar-refractivity contribution in [3.8, 4) is 34.3 Å². The molecule has 3 aromatic rings. The molecule has 0 aliphatic carbocycles. The first-order chi connectivity index (χ1) is 14.8. The Morgan fingerprint density at radius 3 is 2.61 bits per heavy atom. The summed E-state index contributed by atoms with van der Waals surface area (Å²) in [6, 6.07) is 9.12. The van der Waals surface area contributed by atoms with E-state index < -0.39 is 5.43 Å². The van der Waals surface area contributed by atoms with Gasteiger partial charge < -0.3 is 28.6 Å². The third-order valence-electron chi connectivity index (χ3n) is 4.45. The van der Waals surface area contributed by atoms with Crippen molar-refractivity contribution >= 4 is 16.9 Å². The highest BCUT2D eigenvalue weighted by molar-refractivity contribution is 5.86. The van der Waals surface area contributed by atoms with E-state index in [0.29, 0.717) is 17.1 Å². The topological polar surface area (TPSA) is 98.4 Å². The molecule has 162 valence electrons. The molecule has 1 amide bonds. The fourth-order valence-corrected chi connectivity index (χ4v) is 2.83. The van der Waals surface area contributed by atoms with E-state index in [9.17, 15) is 14.7 Å². The molecule has 3 rings (SSSR count). The predicted octanol–water partition coefficient (Wildman–Crippen LogP) is 3.21. The third kappa shape index (κ3) is 4.80. The minimum atomic E-state index is -0.422. The number of likely N-dealkylation sites (N-methyl/N-ethyl adjacent to an activating group) is 1. The molecule has 0 spiro atoms. The van der Waals surface area contributed by atoms with Crippen molar-refractivity contribution in [2.24, 2.45) is 0 Å². The maximum absolute atomic E-state index is 12.6. The fraction of sp³-hybridized carbons (Fsp3) is 0.217. The summed E-state index contributed by atoms with van der Waals surface area (Å²) in [7, 11) is 4.74. The van der Waals surface area contributed by atoms with E-state index in [1.54, 1.807) is 38.4 Å². The van der Waals surface area contributed by atoms with Crippen LogP contribution in [0.2, 0.25) is 0 Å². The van der Waals surface area contributed by atoms with Gasteiger partial charge in [-0.15, -0.1) is 0 Å². The molecule has 1 aromatic heterocycles. The summed E-state index contributed by atoms with van der Waals surface area (Å²) in [5.74, 6) is 0.905. The number of phenols is 1. The number of nitrogens with zero attached hydrogens (tertiary/aromatic N) is 1. The summed E-state index contributed by atoms with van der Waals surface area (Å²) in [4.78, 5) is 25.8. The summed E-state index contributed by atoms with van der Waals surface area (Å²) in [5.41, 5.74) is 0.278. The minimum absolute atomic E-state index is 0.0201. The van der Waals surface area contributed by atoms with Gasteiger partial charge in [0, 0.05) is 37.9 Å². The van der Waals surface area contributed by atoms with Gasteiger partial charge in [0.25, 0.3) is 5.91 Å². The molecular weight excluding hydrogens is 402 g/mol. The van der Waals surface area contributed by atoms with Crippen LogP contribution in [0.4, 0.5) is 0 Å². The first kappa shape index (κ1) is 21.8. The van der Waals surface area contributed by atoms with E-state index in [4.69, 9.17) is 18.6 Å². The molecule has 8 nitrogen and oxygen atoms in total. The molecule has 0 aliphatic rings. The monoisotopic (exact) mass is 425 g/mol. The Morgan fingerprint density at radius 2 is 1.94 bits per heavy atom. The number of fused-ring (bicyclic) bond motifs is 1. The van der Waals surface area contributed by atoms with Crippen LogP contribution >= 0.6 is 0 Å². The van der Waals surface area contributed by atoms with Crippen LogP contribution in [0.25, 0.3) is 22.3 Å². The van der Waals surface area contributed by atoms with E-state index in [1.807, 2.05) is 0 Å². The molecule has 0 bridgehead atoms. The maximum atomic E-state index is 12.6. The second-order valence-electron chi connectivity index (χ2n) is 6.83. The normalized spacial score (nSPS) is 10.5. The molecule has 0 atom stereocenters. The Hall–Kier alpha value is -3.94. The van der Waals surface area contributed by atoms with Gasteiger partial charge in [0.15, 0.2) is 23.5 Å². The van der Waals surface area contributed by atoms with Crippen LogP contribution in [-0.2, 0) is 4.79 Å². The van der Waals surface area contributed by atoms with Crippen LogP contribution in [0, 0.1) is 0 Å². The van der Waals surface area contributed by atoms with Gasteiger partial charge in [-0.2, -0.15) is 0 Å². The number of phenolic OH excluding ortho intramolecular Hbond substituents is 1. The molecular formula is C23H23NO7. The summed E-state index contributed by atoms with van der Waals surface area (Å²) < 4.78 is 22.2. The van der Waals surface area contributed by atoms with E-state index >= 15 is 0 Å². The summed E-state index contributed by atoms with van der Waals surface area (Å²) in [6.07, 6.45) is 1.60. The highest BCUT2D eigenvalue weighted by Crippen LogP contribution is 2.35. The largest absolute Gasteiger partial charge is 0.507 e. The molecule has 0 aliphatic heterocycles. The van der Waals surface area contributed by atoms with Gasteiger partial charge in [-0.1, -0.05) is 12.7 Å². The molecule has 0 saturated heterocycles. The second kappa shape index (κ2) is 9.25. The van der Waals surface area contributed by atoms with Crippen molar-refractivity contribution in [1.29, 1.82) is 0 Å². The van der Waals surface area contributed by atoms with Crippen molar-refractivity contribution in [3.63, 3.8) is 0 Å². The SMILES string of the molecule is C=CCOc1cc(-c2cc(=O)c3c(O)cc(OCC(=O)N(C)C)cc3o2)ccc1OC. The lowest BCUT2D eigenvalue weighted by Gasteiger charge is -2.13. The Morgan fingerprint density at radius 1 is 1.16 bits per heavy atom. The van der Waals surface area contributed by atoms with Crippen molar-refractivity contribution in [1.82, 2.24) is 4.90 Å². The van der Waals surface area contributed by atoms with Crippen molar-refractivity contribution < 1.29 is 28.5 Å². The third-order valence-corrected chi connectivity index (χ3v) is 4.45. The fourth-order valence-electron chi connectivity index (χ4n) is 2.83. The number of carbonyl (C=O) groups excluding carboxylic acids is 1. The van der Waals surface area contributed by atoms with Crippen LogP contribution in [-0.4, -0.2) is 50.3 Å². The Kier molecular flexibility index (Phi) is 6.49. The molecule has 1 N–H and O–H groups in total. The van der Waals surface area contributed by atoms with Crippen molar-refractivity contribution in [2.75, 3.05) is 34.4 Å². The lowest BCUT2D eigenvalue weighted by molar-refractivity contribution is -0.130. The molecule has 0 radical (unpaired) electrons. The van der Waals surface area contributed by atoms with Gasteiger partial charge >= 0.3 is 0 Å². The molecule has 0 unspecified atom stereocenters. The zero-order valence-electron chi connectivity index (χ0n) is 17.5. The Balaban J connectivity index is 2.03. The smallest absolute Gasteiger partial charge is 0.259 e. The van der Waals surface area contributed by atoms with Crippen LogP contribution in [0.1, 0.15) is 0 Å². The van der Waals surface area contributed by atoms with Gasteiger partial charge in [0.1, 0.15) is 34.8 Å². The average Bonchev–Trinajstić information content (AvgIpc) is 2.75. The van der Waals surface area contributed by atoms with Crippen molar-refractivity contribution in [2.45, 2.75) is 0 Å². The Labute approximate surface area is 178 Å². The van der Waals surface area contributed by atoms with E-state index in [0.717, 1.165) is 0 Å². The highest BCUT2D eigenvalue weighted by Gasteiger charge is 2.15. The average molecular weight is 425 g/mol. The van der Waals surface area contributed by atoms with Gasteiger partial charge in [0.2, 0.25) is 0 Å². The summed E-state index contributed by atoms with van der Waals surface area (Å²) >= 11 is 0. The van der Waals surface area contributed by atoms with Crippen LogP contribution in [0.3, 0.4) is 0 Å². The number of aromatic hydroxyl groups is 1. The number of ether oxygens (including phenoxy) is 3. The summed E-state index contributed by atoms with van der Waals surface area (Å²) in [6.45, 7) is 3.69. The Bertz CT molecular complexity index is 1180. The van der Waals surface area contributed by atoms with Crippen LogP contribution in [0.15, 0.2) is 58.3 Å². The number of hydrogen-bond donors (Lipinski definition) is 1. The molecule has 31 heavy (non-hydrogen) atoms. The summed E-state index contributed by atoms with van der Waals surface area (Å²) in [5, 5.41) is 10.3. The van der Waals surface area contributed by atoms with Gasteiger partial charge in [0.05, 0.1) is 7.11 Å². The van der Waals surface area contributed by atoms with Gasteiger partial charge in [-0.25, -0.2) is 0 Å². The number of benzene rings is 2. The highest BCUT2D eigenvalue weighted by atomic mass is 16.5. The lowest BCUT2D eigenvalue weighted by atomic mass is 10.1. The number of hydrogen-bond acceptors (Lipinski definition) is 7. The number of methoxy groups -OCH3 is 1. The lowest BCUT2D eigenvalue weighted by Crippen LogP contribution is -2.27. The first-order valence-corrected chi connectivity index (χ1v) is 9.40. The van der Waals surface area contributed by atoms with Crippen LogP contribution in [0.5, 0.6) is 23.0 Å². The quantitative estimate of drug-likeness (QED) is 0.554. The van der Waals surface area contributed by atoms with Gasteiger partial charge in [-0.3, -0.25) is 9.59 Å². The molecule has 0 fully saturated rings. The second-order valence-corrected chi connectivity index (χ2v) is 6.83. The molecule has 2 aromatic carbocycles. The first-order valence-electron chi connectivity index (χ1n) is 9.40. The van der Waals surface area contributed by atoms with E-state index in [1.165, 1.54) is 30.2 Å². The number of carbonyl (C=O) groups is 1. The predicted molar refractivity (Wildman–Crippen MR) is 116 cm³/mol. The van der Waals surface area contributed by atoms with Crippen molar-refractivity contribution in [3.05, 3.63) is 59.3 Å². The maximum Gasteiger partial charge on any atom is 0.259 e. The zero-order valence-corrected chi connectivity index (χ0v) is 17.5. The number of rotatable bonds is 8. The van der Waals surface area contributed by atoms with E-state index in [2.05, 4.69) is 6.58 Å². The van der Waals surface area contributed by atoms with Crippen LogP contribution < -0.4 is 19.6 Å². The minimum Gasteiger partial charge on any atom is -0.507 e. The molecule has 0 saturated carbocycles. The standard InChI is InChI=1S/C23H23NO7/c1-5-8-29-20-9-14(6-7-18(20)28-4)19-12-17(26)23-16(25)10-15(11-21(23)31-19)30-13-22(27)24(2)3/h5-7,9-12,25H,1,8,13H2,2-4H3. The molecule has 8 heteroatoms.